The number of likely N-dealkylation sites (tertiary alicyclic amines) is 1. The second-order valence-corrected chi connectivity index (χ2v) is 5.15. The van der Waals surface area contributed by atoms with Crippen molar-refractivity contribution in [2.45, 2.75) is 32.3 Å². The Morgan fingerprint density at radius 1 is 1.39 bits per heavy atom. The molecule has 1 aromatic carbocycles. The molecule has 18 heavy (non-hydrogen) atoms. The highest BCUT2D eigenvalue weighted by Gasteiger charge is 2.17. The molecule has 0 unspecified atom stereocenters. The fraction of sp³-hybridized carbons (Fsp3) is 0.533. The van der Waals surface area contributed by atoms with Crippen LogP contribution in [0.3, 0.4) is 0 Å². The van der Waals surface area contributed by atoms with E-state index in [0.29, 0.717) is 12.5 Å². The Morgan fingerprint density at radius 3 is 2.78 bits per heavy atom. The number of carbonyl (C=O) groups excluding carboxylic acids is 1. The van der Waals surface area contributed by atoms with Crippen LogP contribution in [-0.2, 0) is 11.2 Å². The van der Waals surface area contributed by atoms with Crippen LogP contribution in [0.25, 0.3) is 0 Å². The van der Waals surface area contributed by atoms with Crippen LogP contribution in [0.4, 0.5) is 0 Å². The smallest absolute Gasteiger partial charge is 0.134 e. The van der Waals surface area contributed by atoms with E-state index in [0.717, 1.165) is 37.2 Å². The summed E-state index contributed by atoms with van der Waals surface area (Å²) >= 11 is 0. The molecule has 1 heterocycles. The Bertz CT molecular complexity index is 409. The van der Waals surface area contributed by atoms with Gasteiger partial charge in [-0.1, -0.05) is 12.1 Å². The molecule has 0 amide bonds. The lowest BCUT2D eigenvalue weighted by Crippen LogP contribution is -2.35. The third kappa shape index (κ3) is 3.84. The molecule has 1 aliphatic heterocycles. The second-order valence-electron chi connectivity index (χ2n) is 5.15. The van der Waals surface area contributed by atoms with Crippen molar-refractivity contribution < 1.29 is 9.53 Å². The Labute approximate surface area is 109 Å². The van der Waals surface area contributed by atoms with Gasteiger partial charge in [-0.2, -0.15) is 0 Å². The number of ketones is 1. The van der Waals surface area contributed by atoms with Gasteiger partial charge >= 0.3 is 0 Å². The van der Waals surface area contributed by atoms with Crippen molar-refractivity contribution >= 4 is 5.78 Å². The van der Waals surface area contributed by atoms with Crippen molar-refractivity contribution in [1.29, 1.82) is 0 Å². The van der Waals surface area contributed by atoms with Crippen LogP contribution >= 0.6 is 0 Å². The number of carbonyl (C=O) groups is 1. The van der Waals surface area contributed by atoms with Gasteiger partial charge in [0.1, 0.15) is 17.6 Å². The monoisotopic (exact) mass is 247 g/mol. The quantitative estimate of drug-likeness (QED) is 0.817. The molecule has 3 heteroatoms. The van der Waals surface area contributed by atoms with E-state index in [2.05, 4.69) is 11.9 Å². The van der Waals surface area contributed by atoms with Gasteiger partial charge in [0.05, 0.1) is 0 Å². The predicted octanol–water partition coefficient (Wildman–Crippen LogP) is 2.29. The summed E-state index contributed by atoms with van der Waals surface area (Å²) in [5, 5.41) is 0. The molecule has 1 aliphatic rings. The minimum Gasteiger partial charge on any atom is -0.490 e. The summed E-state index contributed by atoms with van der Waals surface area (Å²) in [6.45, 7) is 3.81. The van der Waals surface area contributed by atoms with Crippen molar-refractivity contribution in [2.24, 2.45) is 0 Å². The standard InChI is InChI=1S/C15H21NO2/c1-12(17)10-13-4-3-5-15(11-13)18-14-6-8-16(2)9-7-14/h3-5,11,14H,6-10H2,1-2H3. The minimum atomic E-state index is 0.187. The molecule has 2 rings (SSSR count). The van der Waals surface area contributed by atoms with E-state index >= 15 is 0 Å². The lowest BCUT2D eigenvalue weighted by atomic mass is 10.1. The molecule has 0 saturated carbocycles. The van der Waals surface area contributed by atoms with E-state index in [4.69, 9.17) is 4.74 Å². The van der Waals surface area contributed by atoms with E-state index in [1.807, 2.05) is 24.3 Å². The lowest BCUT2D eigenvalue weighted by Gasteiger charge is -2.29. The average Bonchev–Trinajstić information content (AvgIpc) is 2.32. The van der Waals surface area contributed by atoms with Crippen LogP contribution in [0.2, 0.25) is 0 Å². The molecule has 0 radical (unpaired) electrons. The van der Waals surface area contributed by atoms with Gasteiger partial charge in [0, 0.05) is 19.5 Å². The van der Waals surface area contributed by atoms with Crippen molar-refractivity contribution in [2.75, 3.05) is 20.1 Å². The molecule has 98 valence electrons. The molecule has 1 aromatic rings. The molecule has 0 aliphatic carbocycles. The molecule has 1 fully saturated rings. The van der Waals surface area contributed by atoms with Crippen LogP contribution < -0.4 is 4.74 Å². The van der Waals surface area contributed by atoms with Gasteiger partial charge in [-0.3, -0.25) is 4.79 Å². The van der Waals surface area contributed by atoms with Gasteiger partial charge in [-0.15, -0.1) is 0 Å². The summed E-state index contributed by atoms with van der Waals surface area (Å²) in [7, 11) is 2.14. The first kappa shape index (κ1) is 13.1. The summed E-state index contributed by atoms with van der Waals surface area (Å²) < 4.78 is 5.99. The van der Waals surface area contributed by atoms with Crippen molar-refractivity contribution in [3.8, 4) is 5.75 Å². The Hall–Kier alpha value is -1.35. The van der Waals surface area contributed by atoms with Gasteiger partial charge in [0.25, 0.3) is 0 Å². The molecule has 1 saturated heterocycles. The Balaban J connectivity index is 1.94. The zero-order valence-electron chi connectivity index (χ0n) is 11.2. The number of rotatable bonds is 4. The fourth-order valence-corrected chi connectivity index (χ4v) is 2.31. The van der Waals surface area contributed by atoms with Crippen LogP contribution in [0.1, 0.15) is 25.3 Å². The number of hydrogen-bond donors (Lipinski definition) is 0. The molecule has 0 atom stereocenters. The lowest BCUT2D eigenvalue weighted by molar-refractivity contribution is -0.116. The first-order valence-electron chi connectivity index (χ1n) is 6.57. The van der Waals surface area contributed by atoms with Crippen molar-refractivity contribution in [3.63, 3.8) is 0 Å². The molecule has 0 bridgehead atoms. The van der Waals surface area contributed by atoms with Crippen LogP contribution in [-0.4, -0.2) is 36.9 Å². The van der Waals surface area contributed by atoms with Gasteiger partial charge in [-0.05, 0) is 44.5 Å². The maximum Gasteiger partial charge on any atom is 0.134 e. The van der Waals surface area contributed by atoms with E-state index in [1.54, 1.807) is 6.92 Å². The van der Waals surface area contributed by atoms with Gasteiger partial charge < -0.3 is 9.64 Å². The SMILES string of the molecule is CC(=O)Cc1cccc(OC2CCN(C)CC2)c1. The number of ether oxygens (including phenoxy) is 1. The summed E-state index contributed by atoms with van der Waals surface area (Å²) in [5.41, 5.74) is 1.04. The predicted molar refractivity (Wildman–Crippen MR) is 72.0 cm³/mol. The number of nitrogens with zero attached hydrogens (tertiary/aromatic N) is 1. The summed E-state index contributed by atoms with van der Waals surface area (Å²) in [6, 6.07) is 7.90. The van der Waals surface area contributed by atoms with Gasteiger partial charge in [0.2, 0.25) is 0 Å². The number of piperidine rings is 1. The van der Waals surface area contributed by atoms with Crippen LogP contribution in [0, 0.1) is 0 Å². The number of Topliss-reactive ketones (excluding diaryl/α,β-unsaturated/α-hetero) is 1. The zero-order chi connectivity index (χ0) is 13.0. The second kappa shape index (κ2) is 6.01. The van der Waals surface area contributed by atoms with Crippen LogP contribution in [0.5, 0.6) is 5.75 Å². The normalized spacial score (nSPS) is 17.7. The Morgan fingerprint density at radius 2 is 2.11 bits per heavy atom. The molecule has 0 N–H and O–H groups in total. The fourth-order valence-electron chi connectivity index (χ4n) is 2.31. The topological polar surface area (TPSA) is 29.5 Å². The van der Waals surface area contributed by atoms with E-state index in [9.17, 15) is 4.79 Å². The molecule has 3 nitrogen and oxygen atoms in total. The number of benzene rings is 1. The average molecular weight is 247 g/mol. The maximum atomic E-state index is 11.1. The summed E-state index contributed by atoms with van der Waals surface area (Å²) in [5.74, 6) is 1.08. The third-order valence-electron chi connectivity index (χ3n) is 3.32. The highest BCUT2D eigenvalue weighted by molar-refractivity contribution is 5.78. The highest BCUT2D eigenvalue weighted by Crippen LogP contribution is 2.20. The van der Waals surface area contributed by atoms with E-state index in [-0.39, 0.29) is 5.78 Å². The largest absolute Gasteiger partial charge is 0.490 e. The first-order valence-corrected chi connectivity index (χ1v) is 6.57. The molecular weight excluding hydrogens is 226 g/mol. The highest BCUT2D eigenvalue weighted by atomic mass is 16.5. The van der Waals surface area contributed by atoms with Gasteiger partial charge in [-0.25, -0.2) is 0 Å². The van der Waals surface area contributed by atoms with Gasteiger partial charge in [0.15, 0.2) is 0 Å². The number of hydrogen-bond acceptors (Lipinski definition) is 3. The molecule has 0 aromatic heterocycles. The Kier molecular flexibility index (Phi) is 4.37. The maximum absolute atomic E-state index is 11.1. The summed E-state index contributed by atoms with van der Waals surface area (Å²) in [4.78, 5) is 13.4. The minimum absolute atomic E-state index is 0.187. The third-order valence-corrected chi connectivity index (χ3v) is 3.32. The van der Waals surface area contributed by atoms with Crippen molar-refractivity contribution in [3.05, 3.63) is 29.8 Å². The molecule has 0 spiro atoms. The van der Waals surface area contributed by atoms with E-state index < -0.39 is 0 Å². The molecular formula is C15H21NO2. The van der Waals surface area contributed by atoms with Crippen LogP contribution in [0.15, 0.2) is 24.3 Å². The van der Waals surface area contributed by atoms with Crippen molar-refractivity contribution in [1.82, 2.24) is 4.90 Å². The summed E-state index contributed by atoms with van der Waals surface area (Å²) in [6.07, 6.45) is 2.96. The van der Waals surface area contributed by atoms with E-state index in [1.165, 1.54) is 0 Å². The first-order chi connectivity index (χ1) is 8.63. The zero-order valence-corrected chi connectivity index (χ0v) is 11.2.